The Labute approximate surface area is 278 Å². The van der Waals surface area contributed by atoms with Crippen molar-refractivity contribution in [3.8, 4) is 0 Å². The summed E-state index contributed by atoms with van der Waals surface area (Å²) in [7, 11) is 0. The first kappa shape index (κ1) is 32.0. The van der Waals surface area contributed by atoms with Crippen molar-refractivity contribution in [2.45, 2.75) is 37.6 Å². The molecule has 8 nitrogen and oxygen atoms in total. The number of hydrogen-bond donors (Lipinski definition) is 2. The predicted octanol–water partition coefficient (Wildman–Crippen LogP) is 5.57. The third-order valence-corrected chi connectivity index (χ3v) is 8.94. The first-order chi connectivity index (χ1) is 22.9. The van der Waals surface area contributed by atoms with Gasteiger partial charge in [-0.3, -0.25) is 24.0 Å². The highest BCUT2D eigenvalue weighted by atomic mass is 32.1. The van der Waals surface area contributed by atoms with Crippen LogP contribution in [-0.2, 0) is 10.3 Å². The zero-order valence-corrected chi connectivity index (χ0v) is 26.9. The average molecular weight is 645 g/mol. The summed E-state index contributed by atoms with van der Waals surface area (Å²) in [5.74, 6) is -0.258. The highest BCUT2D eigenvalue weighted by molar-refractivity contribution is 7.80. The number of nitrogens with one attached hydrogen (secondary N) is 2. The minimum atomic E-state index is -0.757. The lowest BCUT2D eigenvalue weighted by Crippen LogP contribution is -2.57. The van der Waals surface area contributed by atoms with Gasteiger partial charge < -0.3 is 10.1 Å². The van der Waals surface area contributed by atoms with Gasteiger partial charge in [0.15, 0.2) is 6.23 Å². The Morgan fingerprint density at radius 1 is 0.830 bits per heavy atom. The van der Waals surface area contributed by atoms with Gasteiger partial charge in [0.25, 0.3) is 11.5 Å². The van der Waals surface area contributed by atoms with E-state index in [2.05, 4.69) is 51.6 Å². The number of thiocarbonyl (C=S) groups is 1. The van der Waals surface area contributed by atoms with E-state index in [-0.39, 0.29) is 12.0 Å². The molecule has 1 amide bonds. The SMILES string of the molecule is Cc1cn(C2CN(C(c3ccccc3)(c3ccccc3)c3ccccc3)CC(CCC(=S)NC(=O)c3ccccc3)O2)c(=O)[nH]c1=O. The van der Waals surface area contributed by atoms with E-state index in [0.717, 1.165) is 16.7 Å². The Hall–Kier alpha value is -4.96. The number of rotatable bonds is 9. The minimum absolute atomic E-state index is 0.258. The molecule has 6 rings (SSSR count). The normalized spacial score (nSPS) is 16.8. The molecule has 0 bridgehead atoms. The zero-order valence-electron chi connectivity index (χ0n) is 26.0. The van der Waals surface area contributed by atoms with E-state index in [1.165, 1.54) is 4.57 Å². The van der Waals surface area contributed by atoms with Gasteiger partial charge in [-0.15, -0.1) is 0 Å². The quantitative estimate of drug-likeness (QED) is 0.161. The number of ether oxygens (including phenoxy) is 1. The van der Waals surface area contributed by atoms with Gasteiger partial charge in [-0.25, -0.2) is 4.79 Å². The van der Waals surface area contributed by atoms with Gasteiger partial charge in [0.05, 0.1) is 16.6 Å². The van der Waals surface area contributed by atoms with Crippen molar-refractivity contribution in [3.05, 3.63) is 176 Å². The Bertz CT molecular complexity index is 1850. The van der Waals surface area contributed by atoms with Crippen molar-refractivity contribution in [1.82, 2.24) is 19.8 Å². The Morgan fingerprint density at radius 3 is 1.87 bits per heavy atom. The molecule has 1 saturated heterocycles. The van der Waals surface area contributed by atoms with E-state index >= 15 is 0 Å². The number of carbonyl (C=O) groups excluding carboxylic acids is 1. The van der Waals surface area contributed by atoms with Crippen LogP contribution in [0.25, 0.3) is 0 Å². The summed E-state index contributed by atoms with van der Waals surface area (Å²) in [6.45, 7) is 2.51. The van der Waals surface area contributed by atoms with Crippen LogP contribution in [0.1, 0.15) is 51.7 Å². The Morgan fingerprint density at radius 2 is 1.34 bits per heavy atom. The van der Waals surface area contributed by atoms with E-state index in [0.29, 0.717) is 42.0 Å². The summed E-state index contributed by atoms with van der Waals surface area (Å²) >= 11 is 5.61. The topological polar surface area (TPSA) is 96.4 Å². The third kappa shape index (κ3) is 6.78. The molecule has 4 aromatic carbocycles. The number of morpholine rings is 1. The van der Waals surface area contributed by atoms with E-state index in [1.807, 2.05) is 72.8 Å². The molecule has 0 aliphatic carbocycles. The fraction of sp³-hybridized carbons (Fsp3) is 0.211. The monoisotopic (exact) mass is 644 g/mol. The molecule has 238 valence electrons. The summed E-state index contributed by atoms with van der Waals surface area (Å²) in [6.07, 6.45) is 1.35. The minimum Gasteiger partial charge on any atom is -0.352 e. The molecule has 2 unspecified atom stereocenters. The highest BCUT2D eigenvalue weighted by Crippen LogP contribution is 2.44. The number of carbonyl (C=O) groups is 1. The van der Waals surface area contributed by atoms with E-state index in [9.17, 15) is 14.4 Å². The molecule has 0 spiro atoms. The van der Waals surface area contributed by atoms with Crippen molar-refractivity contribution < 1.29 is 9.53 Å². The standard InChI is InChI=1S/C38H36N4O4S/c1-27-24-42(37(45)40-35(27)43)34-26-41(25-32(46-34)22-23-33(47)39-36(44)28-14-6-2-7-15-28)38(29-16-8-3-9-17-29,30-18-10-4-11-19-30)31-20-12-5-13-21-31/h2-21,24,32,34H,22-23,25-26H2,1H3,(H,39,44,47)(H,40,43,45). The number of hydrogen-bond acceptors (Lipinski definition) is 6. The van der Waals surface area contributed by atoms with Crippen LogP contribution >= 0.6 is 12.2 Å². The summed E-state index contributed by atoms with van der Waals surface area (Å²) in [6, 6.07) is 40.0. The molecule has 2 heterocycles. The summed E-state index contributed by atoms with van der Waals surface area (Å²) in [5, 5.41) is 2.85. The van der Waals surface area contributed by atoms with Crippen LogP contribution in [0.5, 0.6) is 0 Å². The molecule has 1 fully saturated rings. The van der Waals surface area contributed by atoms with Gasteiger partial charge in [-0.1, -0.05) is 121 Å². The van der Waals surface area contributed by atoms with Crippen LogP contribution in [0.3, 0.4) is 0 Å². The zero-order chi connectivity index (χ0) is 32.8. The van der Waals surface area contributed by atoms with Crippen LogP contribution in [0.2, 0.25) is 0 Å². The fourth-order valence-electron chi connectivity index (χ4n) is 6.43. The van der Waals surface area contributed by atoms with Crippen LogP contribution < -0.4 is 16.6 Å². The first-order valence-electron chi connectivity index (χ1n) is 15.6. The number of H-pyrrole nitrogens is 1. The second kappa shape index (κ2) is 14.2. The average Bonchev–Trinajstić information content (AvgIpc) is 3.11. The lowest BCUT2D eigenvalue weighted by atomic mass is 9.75. The maximum atomic E-state index is 13.2. The summed E-state index contributed by atoms with van der Waals surface area (Å²) in [4.78, 5) is 43.5. The largest absolute Gasteiger partial charge is 0.352 e. The van der Waals surface area contributed by atoms with Crippen LogP contribution in [0.4, 0.5) is 0 Å². The van der Waals surface area contributed by atoms with Crippen LogP contribution in [0.15, 0.2) is 137 Å². The lowest BCUT2D eigenvalue weighted by Gasteiger charge is -2.50. The Balaban J connectivity index is 1.41. The first-order valence-corrected chi connectivity index (χ1v) is 16.1. The van der Waals surface area contributed by atoms with Gasteiger partial charge in [0, 0.05) is 36.8 Å². The molecule has 9 heteroatoms. The van der Waals surface area contributed by atoms with Crippen LogP contribution in [-0.4, -0.2) is 44.5 Å². The van der Waals surface area contributed by atoms with Crippen LogP contribution in [0, 0.1) is 6.92 Å². The fourth-order valence-corrected chi connectivity index (χ4v) is 6.64. The molecule has 2 N–H and O–H groups in total. The second-order valence-corrected chi connectivity index (χ2v) is 12.2. The molecule has 47 heavy (non-hydrogen) atoms. The Kier molecular flexibility index (Phi) is 9.68. The number of amides is 1. The van der Waals surface area contributed by atoms with Crippen molar-refractivity contribution in [2.75, 3.05) is 13.1 Å². The van der Waals surface area contributed by atoms with E-state index < -0.39 is 23.0 Å². The molecule has 0 radical (unpaired) electrons. The van der Waals surface area contributed by atoms with Gasteiger partial charge in [-0.2, -0.15) is 0 Å². The summed E-state index contributed by atoms with van der Waals surface area (Å²) < 4.78 is 8.12. The molecular weight excluding hydrogens is 609 g/mol. The number of nitrogens with zero attached hydrogens (tertiary/aromatic N) is 2. The van der Waals surface area contributed by atoms with Gasteiger partial charge in [0.1, 0.15) is 0 Å². The second-order valence-electron chi connectivity index (χ2n) is 11.7. The number of benzene rings is 4. The van der Waals surface area contributed by atoms with Gasteiger partial charge in [0.2, 0.25) is 0 Å². The maximum absolute atomic E-state index is 13.2. The van der Waals surface area contributed by atoms with Gasteiger partial charge >= 0.3 is 5.69 Å². The molecule has 5 aromatic rings. The molecular formula is C38H36N4O4S. The smallest absolute Gasteiger partial charge is 0.330 e. The van der Waals surface area contributed by atoms with E-state index in [1.54, 1.807) is 25.3 Å². The van der Waals surface area contributed by atoms with Gasteiger partial charge in [-0.05, 0) is 42.2 Å². The van der Waals surface area contributed by atoms with Crippen molar-refractivity contribution in [1.29, 1.82) is 0 Å². The molecule has 1 aliphatic heterocycles. The van der Waals surface area contributed by atoms with Crippen molar-refractivity contribution >= 4 is 23.1 Å². The predicted molar refractivity (Wildman–Crippen MR) is 186 cm³/mol. The van der Waals surface area contributed by atoms with Crippen molar-refractivity contribution in [3.63, 3.8) is 0 Å². The number of aromatic nitrogens is 2. The summed E-state index contributed by atoms with van der Waals surface area (Å²) in [5.41, 5.74) is 2.40. The van der Waals surface area contributed by atoms with Crippen molar-refractivity contribution in [2.24, 2.45) is 0 Å². The molecule has 1 aromatic heterocycles. The highest BCUT2D eigenvalue weighted by Gasteiger charge is 2.46. The molecule has 2 atom stereocenters. The molecule has 0 saturated carbocycles. The lowest BCUT2D eigenvalue weighted by molar-refractivity contribution is -0.140. The van der Waals surface area contributed by atoms with E-state index in [4.69, 9.17) is 17.0 Å². The number of aromatic amines is 1. The molecule has 1 aliphatic rings. The number of aryl methyl sites for hydroxylation is 1. The maximum Gasteiger partial charge on any atom is 0.330 e. The third-order valence-electron chi connectivity index (χ3n) is 8.64.